The molecule has 1 aliphatic rings. The number of hydrogen-bond donors (Lipinski definition) is 0. The standard InChI is InChI=1S/C20H25N3O2/c1-25-19-8-6-17(7-9-19)4-3-11-22-12-14-23(15-13-22)20(24)18-5-2-10-21-16-18/h2,5-10,16H,3-4,11-15H2,1H3. The molecule has 0 spiro atoms. The molecule has 0 saturated carbocycles. The Labute approximate surface area is 149 Å². The average Bonchev–Trinajstić information content (AvgIpc) is 2.69. The molecule has 0 radical (unpaired) electrons. The number of aryl methyl sites for hydroxylation is 1. The first-order valence-electron chi connectivity index (χ1n) is 8.81. The maximum Gasteiger partial charge on any atom is 0.255 e. The minimum atomic E-state index is 0.0889. The molecule has 3 rings (SSSR count). The van der Waals surface area contributed by atoms with Crippen molar-refractivity contribution in [2.75, 3.05) is 39.8 Å². The van der Waals surface area contributed by atoms with Crippen LogP contribution < -0.4 is 4.74 Å². The predicted molar refractivity (Wildman–Crippen MR) is 97.9 cm³/mol. The molecule has 0 unspecified atom stereocenters. The molecule has 5 nitrogen and oxygen atoms in total. The Morgan fingerprint density at radius 3 is 2.52 bits per heavy atom. The lowest BCUT2D eigenvalue weighted by molar-refractivity contribution is 0.0635. The van der Waals surface area contributed by atoms with E-state index in [0.717, 1.165) is 51.3 Å². The monoisotopic (exact) mass is 339 g/mol. The van der Waals surface area contributed by atoms with E-state index in [1.165, 1.54) is 5.56 Å². The number of carbonyl (C=O) groups is 1. The van der Waals surface area contributed by atoms with E-state index in [2.05, 4.69) is 22.0 Å². The highest BCUT2D eigenvalue weighted by atomic mass is 16.5. The number of methoxy groups -OCH3 is 1. The van der Waals surface area contributed by atoms with Crippen LogP contribution in [0.3, 0.4) is 0 Å². The summed E-state index contributed by atoms with van der Waals surface area (Å²) in [6, 6.07) is 11.9. The van der Waals surface area contributed by atoms with Crippen LogP contribution in [-0.2, 0) is 6.42 Å². The van der Waals surface area contributed by atoms with E-state index in [1.54, 1.807) is 19.5 Å². The van der Waals surface area contributed by atoms with E-state index in [0.29, 0.717) is 5.56 Å². The lowest BCUT2D eigenvalue weighted by atomic mass is 10.1. The molecule has 132 valence electrons. The zero-order valence-corrected chi connectivity index (χ0v) is 14.7. The van der Waals surface area contributed by atoms with Crippen LogP contribution in [0.2, 0.25) is 0 Å². The molecule has 0 atom stereocenters. The highest BCUT2D eigenvalue weighted by Crippen LogP contribution is 2.13. The van der Waals surface area contributed by atoms with Gasteiger partial charge in [-0.2, -0.15) is 0 Å². The molecule has 1 fully saturated rings. The summed E-state index contributed by atoms with van der Waals surface area (Å²) in [4.78, 5) is 20.8. The van der Waals surface area contributed by atoms with Gasteiger partial charge in [0.15, 0.2) is 0 Å². The van der Waals surface area contributed by atoms with Crippen LogP contribution in [0, 0.1) is 0 Å². The van der Waals surface area contributed by atoms with E-state index >= 15 is 0 Å². The number of amides is 1. The van der Waals surface area contributed by atoms with Crippen LogP contribution in [-0.4, -0.2) is 60.5 Å². The van der Waals surface area contributed by atoms with Crippen LogP contribution in [0.25, 0.3) is 0 Å². The van der Waals surface area contributed by atoms with Gasteiger partial charge in [-0.3, -0.25) is 14.7 Å². The van der Waals surface area contributed by atoms with E-state index in [4.69, 9.17) is 4.74 Å². The molecular formula is C20H25N3O2. The van der Waals surface area contributed by atoms with Crippen LogP contribution >= 0.6 is 0 Å². The average molecular weight is 339 g/mol. The summed E-state index contributed by atoms with van der Waals surface area (Å²) >= 11 is 0. The molecule has 1 saturated heterocycles. The van der Waals surface area contributed by atoms with Crippen molar-refractivity contribution in [2.45, 2.75) is 12.8 Å². The number of ether oxygens (including phenoxy) is 1. The maximum atomic E-state index is 12.4. The molecule has 1 aromatic carbocycles. The largest absolute Gasteiger partial charge is 0.497 e. The molecular weight excluding hydrogens is 314 g/mol. The van der Waals surface area contributed by atoms with Gasteiger partial charge in [0.2, 0.25) is 0 Å². The second kappa shape index (κ2) is 8.62. The van der Waals surface area contributed by atoms with E-state index in [-0.39, 0.29) is 5.91 Å². The van der Waals surface area contributed by atoms with Crippen molar-refractivity contribution in [3.05, 3.63) is 59.9 Å². The number of nitrogens with zero attached hydrogens (tertiary/aromatic N) is 3. The predicted octanol–water partition coefficient (Wildman–Crippen LogP) is 2.48. The summed E-state index contributed by atoms with van der Waals surface area (Å²) < 4.78 is 5.19. The number of pyridine rings is 1. The van der Waals surface area contributed by atoms with Gasteiger partial charge in [0.05, 0.1) is 12.7 Å². The van der Waals surface area contributed by atoms with Crippen LogP contribution in [0.5, 0.6) is 5.75 Å². The van der Waals surface area contributed by atoms with Gasteiger partial charge in [0, 0.05) is 38.6 Å². The highest BCUT2D eigenvalue weighted by molar-refractivity contribution is 5.93. The van der Waals surface area contributed by atoms with Crippen molar-refractivity contribution in [2.24, 2.45) is 0 Å². The SMILES string of the molecule is COc1ccc(CCCN2CCN(C(=O)c3cccnc3)CC2)cc1. The molecule has 1 aromatic heterocycles. The third-order valence-electron chi connectivity index (χ3n) is 4.67. The summed E-state index contributed by atoms with van der Waals surface area (Å²) in [5.74, 6) is 0.990. The van der Waals surface area contributed by atoms with E-state index in [9.17, 15) is 4.79 Å². The molecule has 2 heterocycles. The Morgan fingerprint density at radius 1 is 1.12 bits per heavy atom. The Hall–Kier alpha value is -2.40. The van der Waals surface area contributed by atoms with Gasteiger partial charge >= 0.3 is 0 Å². The van der Waals surface area contributed by atoms with Crippen molar-refractivity contribution < 1.29 is 9.53 Å². The first kappa shape index (κ1) is 17.4. The first-order chi connectivity index (χ1) is 12.3. The van der Waals surface area contributed by atoms with Gasteiger partial charge in [-0.1, -0.05) is 12.1 Å². The molecule has 0 bridgehead atoms. The fourth-order valence-corrected chi connectivity index (χ4v) is 3.15. The Kier molecular flexibility index (Phi) is 6.01. The number of piperazine rings is 1. The Bertz CT molecular complexity index is 665. The fourth-order valence-electron chi connectivity index (χ4n) is 3.15. The normalized spacial score (nSPS) is 15.2. The second-order valence-corrected chi connectivity index (χ2v) is 6.33. The fraction of sp³-hybridized carbons (Fsp3) is 0.400. The smallest absolute Gasteiger partial charge is 0.255 e. The molecule has 2 aromatic rings. The summed E-state index contributed by atoms with van der Waals surface area (Å²) in [6.07, 6.45) is 5.53. The van der Waals surface area contributed by atoms with Crippen molar-refractivity contribution in [1.82, 2.24) is 14.8 Å². The Balaban J connectivity index is 1.39. The Morgan fingerprint density at radius 2 is 1.88 bits per heavy atom. The lowest BCUT2D eigenvalue weighted by Crippen LogP contribution is -2.48. The molecule has 25 heavy (non-hydrogen) atoms. The topological polar surface area (TPSA) is 45.7 Å². The number of benzene rings is 1. The zero-order valence-electron chi connectivity index (χ0n) is 14.7. The van der Waals surface area contributed by atoms with Gasteiger partial charge in [-0.05, 0) is 49.2 Å². The highest BCUT2D eigenvalue weighted by Gasteiger charge is 2.21. The summed E-state index contributed by atoms with van der Waals surface area (Å²) in [6.45, 7) is 4.52. The molecule has 1 aliphatic heterocycles. The van der Waals surface area contributed by atoms with Crippen LogP contribution in [0.15, 0.2) is 48.8 Å². The molecule has 5 heteroatoms. The van der Waals surface area contributed by atoms with Gasteiger partial charge in [-0.15, -0.1) is 0 Å². The molecule has 0 N–H and O–H groups in total. The van der Waals surface area contributed by atoms with Gasteiger partial charge in [-0.25, -0.2) is 0 Å². The molecule has 1 amide bonds. The van der Waals surface area contributed by atoms with Crippen molar-refractivity contribution in [3.63, 3.8) is 0 Å². The second-order valence-electron chi connectivity index (χ2n) is 6.33. The van der Waals surface area contributed by atoms with Crippen molar-refractivity contribution >= 4 is 5.91 Å². The lowest BCUT2D eigenvalue weighted by Gasteiger charge is -2.34. The van der Waals surface area contributed by atoms with Crippen molar-refractivity contribution in [3.8, 4) is 5.75 Å². The summed E-state index contributed by atoms with van der Waals surface area (Å²) in [5.41, 5.74) is 2.02. The third kappa shape index (κ3) is 4.79. The maximum absolute atomic E-state index is 12.4. The van der Waals surface area contributed by atoms with Gasteiger partial charge in [0.1, 0.15) is 5.75 Å². The van der Waals surface area contributed by atoms with Gasteiger partial charge in [0.25, 0.3) is 5.91 Å². The number of hydrogen-bond acceptors (Lipinski definition) is 4. The minimum Gasteiger partial charge on any atom is -0.497 e. The number of rotatable bonds is 6. The quantitative estimate of drug-likeness (QED) is 0.811. The number of carbonyl (C=O) groups excluding carboxylic acids is 1. The number of aromatic nitrogens is 1. The zero-order chi connectivity index (χ0) is 17.5. The molecule has 0 aliphatic carbocycles. The summed E-state index contributed by atoms with van der Waals surface area (Å²) in [5, 5.41) is 0. The van der Waals surface area contributed by atoms with E-state index in [1.807, 2.05) is 29.2 Å². The summed E-state index contributed by atoms with van der Waals surface area (Å²) in [7, 11) is 1.69. The van der Waals surface area contributed by atoms with Crippen molar-refractivity contribution in [1.29, 1.82) is 0 Å². The minimum absolute atomic E-state index is 0.0889. The third-order valence-corrected chi connectivity index (χ3v) is 4.67. The first-order valence-corrected chi connectivity index (χ1v) is 8.81. The van der Waals surface area contributed by atoms with E-state index < -0.39 is 0 Å². The van der Waals surface area contributed by atoms with Gasteiger partial charge < -0.3 is 9.64 Å². The van der Waals surface area contributed by atoms with Crippen LogP contribution in [0.4, 0.5) is 0 Å². The van der Waals surface area contributed by atoms with Crippen LogP contribution in [0.1, 0.15) is 22.3 Å².